The zero-order valence-electron chi connectivity index (χ0n) is 32.0. The minimum atomic E-state index is -5.02. The number of esters is 1. The van der Waals surface area contributed by atoms with Crippen molar-refractivity contribution in [2.45, 2.75) is 166 Å². The Balaban J connectivity index is 2.49. The molecule has 0 amide bonds. The maximum atomic E-state index is 12.7. The van der Waals surface area contributed by atoms with Crippen molar-refractivity contribution in [3.63, 3.8) is 0 Å². The van der Waals surface area contributed by atoms with Gasteiger partial charge in [0.25, 0.3) is 0 Å². The van der Waals surface area contributed by atoms with E-state index in [4.69, 9.17) is 18.5 Å². The monoisotopic (exact) mass is 772 g/mol. The second-order valence-electron chi connectivity index (χ2n) is 13.4. The fourth-order valence-electron chi connectivity index (χ4n) is 5.46. The third-order valence-electron chi connectivity index (χ3n) is 8.61. The van der Waals surface area contributed by atoms with E-state index in [1.807, 2.05) is 0 Å². The normalized spacial score (nSPS) is 24.3. The fourth-order valence-corrected chi connectivity index (χ4v) is 6.44. The van der Waals surface area contributed by atoms with E-state index in [1.54, 1.807) is 0 Å². The maximum Gasteiger partial charge on any atom is 0.472 e. The van der Waals surface area contributed by atoms with Gasteiger partial charge in [0.1, 0.15) is 42.7 Å². The number of hydrogen-bond donors (Lipinski definition) is 6. The molecule has 6 N–H and O–H groups in total. The highest BCUT2D eigenvalue weighted by molar-refractivity contribution is 7.47. The molecule has 1 fully saturated rings. The van der Waals surface area contributed by atoms with Crippen LogP contribution in [0.2, 0.25) is 0 Å². The topological polar surface area (TPSA) is 192 Å². The second-order valence-corrected chi connectivity index (χ2v) is 14.8. The summed E-state index contributed by atoms with van der Waals surface area (Å²) < 4.78 is 33.9. The van der Waals surface area contributed by atoms with Gasteiger partial charge in [0, 0.05) is 13.0 Å². The molecule has 0 saturated heterocycles. The van der Waals surface area contributed by atoms with E-state index in [2.05, 4.69) is 74.6 Å². The molecule has 12 nitrogen and oxygen atoms in total. The number of ether oxygens (including phenoxy) is 2. The van der Waals surface area contributed by atoms with Gasteiger partial charge in [0.2, 0.25) is 0 Å². The summed E-state index contributed by atoms with van der Waals surface area (Å²) in [6.45, 7) is 3.95. The van der Waals surface area contributed by atoms with Crippen LogP contribution < -0.4 is 0 Å². The standard InChI is InChI=1S/C40H69O12P/c1-3-5-7-9-11-13-15-16-17-18-19-20-22-24-26-28-30-49-31-33(51-34(41)29-27-25-23-21-14-12-10-8-6-4-2)32-50-53(47,48)52-40-38(45)36(43)35(42)37(44)39(40)46/h5,7-8,10-11,13,16-17,19-20,33,35-40,42-46H,3-4,6,9,12,14-15,18,21-32H2,1-2H3,(H,47,48)/b7-5-,10-8-,13-11-,17-16-,20-19-. The molecule has 0 aliphatic heterocycles. The number of hydrogen-bond acceptors (Lipinski definition) is 11. The summed E-state index contributed by atoms with van der Waals surface area (Å²) in [5.41, 5.74) is 0. The molecule has 1 aliphatic carbocycles. The van der Waals surface area contributed by atoms with Gasteiger partial charge in [-0.2, -0.15) is 0 Å². The van der Waals surface area contributed by atoms with Gasteiger partial charge in [0.15, 0.2) is 0 Å². The minimum absolute atomic E-state index is 0.105. The quantitative estimate of drug-likeness (QED) is 0.0190. The summed E-state index contributed by atoms with van der Waals surface area (Å²) in [6, 6.07) is 0. The Labute approximate surface area is 317 Å². The molecule has 0 bridgehead atoms. The molecule has 0 spiro atoms. The van der Waals surface area contributed by atoms with Crippen LogP contribution in [0.5, 0.6) is 0 Å². The van der Waals surface area contributed by atoms with Crippen LogP contribution in [0, 0.1) is 0 Å². The van der Waals surface area contributed by atoms with Gasteiger partial charge >= 0.3 is 13.8 Å². The van der Waals surface area contributed by atoms with Crippen LogP contribution in [0.1, 0.15) is 123 Å². The summed E-state index contributed by atoms with van der Waals surface area (Å²) in [5.74, 6) is -0.505. The zero-order valence-corrected chi connectivity index (χ0v) is 32.9. The SMILES string of the molecule is CC/C=C\C/C=C\C/C=C\C/C=C\CCCCCOCC(COP(=O)(O)OC1C(O)C(O)C(O)C(O)C1O)OC(=O)CCCCCCC/C=C\CCC. The highest BCUT2D eigenvalue weighted by atomic mass is 31.2. The smallest absolute Gasteiger partial charge is 0.457 e. The predicted octanol–water partition coefficient (Wildman–Crippen LogP) is 6.69. The summed E-state index contributed by atoms with van der Waals surface area (Å²) >= 11 is 0. The highest BCUT2D eigenvalue weighted by Crippen LogP contribution is 2.47. The molecule has 53 heavy (non-hydrogen) atoms. The molecule has 0 radical (unpaired) electrons. The predicted molar refractivity (Wildman–Crippen MR) is 207 cm³/mol. The first-order valence-corrected chi connectivity index (χ1v) is 21.1. The van der Waals surface area contributed by atoms with Crippen LogP contribution in [0.4, 0.5) is 0 Å². The van der Waals surface area contributed by atoms with Crippen molar-refractivity contribution in [1.29, 1.82) is 0 Å². The van der Waals surface area contributed by atoms with Gasteiger partial charge in [-0.15, -0.1) is 0 Å². The Kier molecular flexibility index (Phi) is 28.9. The van der Waals surface area contributed by atoms with Gasteiger partial charge in [-0.1, -0.05) is 107 Å². The number of allylic oxidation sites excluding steroid dienone is 10. The van der Waals surface area contributed by atoms with Crippen molar-refractivity contribution in [3.8, 4) is 0 Å². The molecule has 6 atom stereocenters. The Morgan fingerprint density at radius 3 is 1.72 bits per heavy atom. The maximum absolute atomic E-state index is 12.7. The van der Waals surface area contributed by atoms with Crippen molar-refractivity contribution in [3.05, 3.63) is 60.8 Å². The minimum Gasteiger partial charge on any atom is -0.457 e. The number of aliphatic hydroxyl groups is 5. The van der Waals surface area contributed by atoms with Crippen LogP contribution >= 0.6 is 7.82 Å². The first-order chi connectivity index (χ1) is 25.5. The van der Waals surface area contributed by atoms with Crippen molar-refractivity contribution >= 4 is 13.8 Å². The number of carbonyl (C=O) groups is 1. The molecule has 306 valence electrons. The van der Waals surface area contributed by atoms with Crippen molar-refractivity contribution < 1.29 is 58.3 Å². The number of phosphoric ester groups is 1. The molecule has 1 rings (SSSR count). The lowest BCUT2D eigenvalue weighted by atomic mass is 9.85. The molecule has 0 aromatic heterocycles. The average molecular weight is 773 g/mol. The molecular weight excluding hydrogens is 703 g/mol. The third kappa shape index (κ3) is 24.2. The van der Waals surface area contributed by atoms with Crippen molar-refractivity contribution in [2.24, 2.45) is 0 Å². The Hall–Kier alpha value is -1.96. The van der Waals surface area contributed by atoms with E-state index in [1.165, 1.54) is 0 Å². The van der Waals surface area contributed by atoms with E-state index in [9.17, 15) is 39.8 Å². The number of aliphatic hydroxyl groups excluding tert-OH is 5. The van der Waals surface area contributed by atoms with E-state index in [0.29, 0.717) is 13.0 Å². The van der Waals surface area contributed by atoms with Gasteiger partial charge in [-0.05, 0) is 70.6 Å². The van der Waals surface area contributed by atoms with E-state index >= 15 is 0 Å². The summed E-state index contributed by atoms with van der Waals surface area (Å²) in [6.07, 6.45) is 24.6. The summed E-state index contributed by atoms with van der Waals surface area (Å²) in [4.78, 5) is 23.0. The number of rotatable bonds is 31. The Morgan fingerprint density at radius 2 is 1.11 bits per heavy atom. The lowest BCUT2D eigenvalue weighted by Gasteiger charge is -2.41. The van der Waals surface area contributed by atoms with E-state index < -0.39 is 63.1 Å². The van der Waals surface area contributed by atoms with Crippen LogP contribution in [-0.2, 0) is 27.9 Å². The third-order valence-corrected chi connectivity index (χ3v) is 9.59. The van der Waals surface area contributed by atoms with Crippen LogP contribution in [0.3, 0.4) is 0 Å². The van der Waals surface area contributed by atoms with Crippen LogP contribution in [0.15, 0.2) is 60.8 Å². The second kappa shape index (κ2) is 31.3. The van der Waals surface area contributed by atoms with E-state index in [-0.39, 0.29) is 13.0 Å². The van der Waals surface area contributed by atoms with Crippen molar-refractivity contribution in [2.75, 3.05) is 19.8 Å². The molecular formula is C40H69O12P. The van der Waals surface area contributed by atoms with Crippen molar-refractivity contribution in [1.82, 2.24) is 0 Å². The highest BCUT2D eigenvalue weighted by Gasteiger charge is 2.51. The van der Waals surface area contributed by atoms with Gasteiger partial charge in [-0.3, -0.25) is 13.8 Å². The molecule has 0 aromatic carbocycles. The average Bonchev–Trinajstić information content (AvgIpc) is 3.14. The summed E-state index contributed by atoms with van der Waals surface area (Å²) in [5, 5.41) is 49.9. The van der Waals surface area contributed by atoms with Gasteiger partial charge < -0.3 is 39.9 Å². The number of carbonyl (C=O) groups excluding carboxylic acids is 1. The fraction of sp³-hybridized carbons (Fsp3) is 0.725. The van der Waals surface area contributed by atoms with Gasteiger partial charge in [0.05, 0.1) is 13.2 Å². The largest absolute Gasteiger partial charge is 0.472 e. The molecule has 1 saturated carbocycles. The lowest BCUT2D eigenvalue weighted by molar-refractivity contribution is -0.220. The first-order valence-electron chi connectivity index (χ1n) is 19.6. The molecule has 6 unspecified atom stereocenters. The number of phosphoric acid groups is 1. The molecule has 13 heteroatoms. The van der Waals surface area contributed by atoms with E-state index in [0.717, 1.165) is 96.3 Å². The molecule has 0 aromatic rings. The lowest BCUT2D eigenvalue weighted by Crippen LogP contribution is -2.64. The molecule has 0 heterocycles. The van der Waals surface area contributed by atoms with Crippen LogP contribution in [0.25, 0.3) is 0 Å². The Bertz CT molecular complexity index is 1110. The molecule has 1 aliphatic rings. The van der Waals surface area contributed by atoms with Crippen LogP contribution in [-0.4, -0.2) is 98.9 Å². The number of unbranched alkanes of at least 4 members (excludes halogenated alkanes) is 9. The first kappa shape index (κ1) is 49.1. The zero-order chi connectivity index (χ0) is 39.2. The summed E-state index contributed by atoms with van der Waals surface area (Å²) in [7, 11) is -5.02. The van der Waals surface area contributed by atoms with Gasteiger partial charge in [-0.25, -0.2) is 4.57 Å². The Morgan fingerprint density at radius 1 is 0.623 bits per heavy atom.